The summed E-state index contributed by atoms with van der Waals surface area (Å²) in [6.45, 7) is 8.26. The summed E-state index contributed by atoms with van der Waals surface area (Å²) in [7, 11) is 1.53. The van der Waals surface area contributed by atoms with Crippen LogP contribution in [0.2, 0.25) is 0 Å². The van der Waals surface area contributed by atoms with Crippen LogP contribution in [0.25, 0.3) is 5.70 Å². The molecule has 0 fully saturated rings. The molecule has 0 radical (unpaired) electrons. The Kier molecular flexibility index (Phi) is 9.05. The van der Waals surface area contributed by atoms with E-state index in [0.29, 0.717) is 17.0 Å². The van der Waals surface area contributed by atoms with Crippen molar-refractivity contribution >= 4 is 5.70 Å². The molecule has 0 saturated heterocycles. The molecule has 0 aliphatic carbocycles. The summed E-state index contributed by atoms with van der Waals surface area (Å²) >= 11 is 0. The summed E-state index contributed by atoms with van der Waals surface area (Å²) in [5.41, 5.74) is 15.9. The van der Waals surface area contributed by atoms with Crippen LogP contribution < -0.4 is 10.5 Å². The van der Waals surface area contributed by atoms with Crippen molar-refractivity contribution < 1.29 is 9.84 Å². The third-order valence-corrected chi connectivity index (χ3v) is 3.17. The van der Waals surface area contributed by atoms with Gasteiger partial charge in [-0.2, -0.15) is 5.11 Å². The first-order valence-electron chi connectivity index (χ1n) is 7.32. The van der Waals surface area contributed by atoms with E-state index in [1.165, 1.54) is 13.2 Å². The molecule has 0 saturated carbocycles. The van der Waals surface area contributed by atoms with E-state index in [-0.39, 0.29) is 12.3 Å². The number of phenolic OH excluding ortho intramolecular Hbond substituents is 1. The molecule has 21 heavy (non-hydrogen) atoms. The minimum Gasteiger partial charge on any atom is -0.507 e. The van der Waals surface area contributed by atoms with Gasteiger partial charge in [-0.3, -0.25) is 0 Å². The Labute approximate surface area is 127 Å². The van der Waals surface area contributed by atoms with Gasteiger partial charge in [-0.15, -0.1) is 0 Å². The van der Waals surface area contributed by atoms with Crippen LogP contribution in [0.15, 0.2) is 22.8 Å². The van der Waals surface area contributed by atoms with Crippen LogP contribution in [0, 0.1) is 5.53 Å². The van der Waals surface area contributed by atoms with Gasteiger partial charge in [0.15, 0.2) is 0 Å². The highest BCUT2D eigenvalue weighted by Gasteiger charge is 2.17. The maximum absolute atomic E-state index is 10.2. The van der Waals surface area contributed by atoms with E-state index in [1.54, 1.807) is 6.07 Å². The maximum Gasteiger partial charge on any atom is 0.129 e. The number of rotatable bonds is 6. The average Bonchev–Trinajstić information content (AvgIpc) is 2.54. The van der Waals surface area contributed by atoms with Crippen molar-refractivity contribution in [2.75, 3.05) is 7.11 Å². The van der Waals surface area contributed by atoms with Crippen molar-refractivity contribution in [2.24, 2.45) is 10.8 Å². The Bertz CT molecular complexity index is 491. The second-order valence-electron chi connectivity index (χ2n) is 4.16. The molecule has 1 aromatic carbocycles. The normalized spacial score (nSPS) is 9.43. The molecule has 0 spiro atoms. The summed E-state index contributed by atoms with van der Waals surface area (Å²) in [5.74, 6) is 0.589. The predicted molar refractivity (Wildman–Crippen MR) is 86.5 cm³/mol. The second kappa shape index (κ2) is 9.94. The molecule has 4 N–H and O–H groups in total. The number of hydrogen-bond donors (Lipinski definition) is 3. The van der Waals surface area contributed by atoms with Crippen molar-refractivity contribution in [3.63, 3.8) is 0 Å². The average molecular weight is 293 g/mol. The lowest BCUT2D eigenvalue weighted by atomic mass is 9.97. The molecule has 0 atom stereocenters. The highest BCUT2D eigenvalue weighted by Crippen LogP contribution is 2.36. The molecule has 0 heterocycles. The van der Waals surface area contributed by atoms with E-state index in [1.807, 2.05) is 27.7 Å². The van der Waals surface area contributed by atoms with Crippen molar-refractivity contribution in [1.82, 2.24) is 0 Å². The fourth-order valence-corrected chi connectivity index (χ4v) is 2.11. The van der Waals surface area contributed by atoms with Gasteiger partial charge in [-0.25, -0.2) is 5.53 Å². The maximum atomic E-state index is 10.2. The van der Waals surface area contributed by atoms with E-state index < -0.39 is 0 Å². The van der Waals surface area contributed by atoms with E-state index in [2.05, 4.69) is 5.11 Å². The summed E-state index contributed by atoms with van der Waals surface area (Å²) in [6.07, 6.45) is 1.56. The van der Waals surface area contributed by atoms with Crippen LogP contribution in [0.1, 0.15) is 51.7 Å². The van der Waals surface area contributed by atoms with Gasteiger partial charge in [0, 0.05) is 18.2 Å². The van der Waals surface area contributed by atoms with Gasteiger partial charge in [0.25, 0.3) is 0 Å². The Balaban J connectivity index is 0.00000191. The lowest BCUT2D eigenvalue weighted by molar-refractivity contribution is 0.406. The van der Waals surface area contributed by atoms with Crippen molar-refractivity contribution in [1.29, 1.82) is 5.53 Å². The largest absolute Gasteiger partial charge is 0.507 e. The van der Waals surface area contributed by atoms with Crippen LogP contribution in [-0.2, 0) is 6.54 Å². The van der Waals surface area contributed by atoms with Crippen molar-refractivity contribution in [2.45, 2.75) is 47.1 Å². The van der Waals surface area contributed by atoms with Gasteiger partial charge < -0.3 is 15.6 Å². The Morgan fingerprint density at radius 1 is 1.29 bits per heavy atom. The molecule has 0 bridgehead atoms. The number of nitrogens with two attached hydrogens (primary N) is 1. The van der Waals surface area contributed by atoms with Gasteiger partial charge in [0.2, 0.25) is 0 Å². The molecule has 0 aliphatic rings. The van der Waals surface area contributed by atoms with Crippen LogP contribution in [0.3, 0.4) is 0 Å². The first-order chi connectivity index (χ1) is 10.1. The number of benzene rings is 1. The zero-order valence-electron chi connectivity index (χ0n) is 13.7. The Hall–Kier alpha value is -1.88. The number of nitrogens with one attached hydrogen (secondary N) is 1. The molecule has 1 rings (SSSR count). The predicted octanol–water partition coefficient (Wildman–Crippen LogP) is 4.45. The summed E-state index contributed by atoms with van der Waals surface area (Å²) in [6, 6.07) is 3.28. The number of phenols is 1. The molecule has 1 aromatic rings. The summed E-state index contributed by atoms with van der Waals surface area (Å²) in [4.78, 5) is 0. The third-order valence-electron chi connectivity index (χ3n) is 3.17. The number of hydrogen-bond acceptors (Lipinski definition) is 5. The van der Waals surface area contributed by atoms with Crippen LogP contribution in [-0.4, -0.2) is 12.2 Å². The van der Waals surface area contributed by atoms with Gasteiger partial charge in [-0.1, -0.05) is 27.7 Å². The van der Waals surface area contributed by atoms with Gasteiger partial charge in [-0.05, 0) is 30.0 Å². The molecule has 0 aliphatic heterocycles. The Morgan fingerprint density at radius 2 is 1.86 bits per heavy atom. The Morgan fingerprint density at radius 3 is 2.24 bits per heavy atom. The smallest absolute Gasteiger partial charge is 0.129 e. The molecule has 118 valence electrons. The van der Waals surface area contributed by atoms with E-state index in [9.17, 15) is 5.11 Å². The molecule has 0 unspecified atom stereocenters. The lowest BCUT2D eigenvalue weighted by Gasteiger charge is -2.15. The van der Waals surface area contributed by atoms with Crippen molar-refractivity contribution in [3.05, 3.63) is 28.8 Å². The monoisotopic (exact) mass is 293 g/mol. The highest BCUT2D eigenvalue weighted by molar-refractivity contribution is 5.75. The van der Waals surface area contributed by atoms with Crippen molar-refractivity contribution in [3.8, 4) is 11.5 Å². The lowest BCUT2D eigenvalue weighted by Crippen LogP contribution is -2.03. The number of nitrogens with zero attached hydrogens (tertiary/aromatic N) is 1. The summed E-state index contributed by atoms with van der Waals surface area (Å²) < 4.78 is 5.11. The highest BCUT2D eigenvalue weighted by atomic mass is 16.5. The van der Waals surface area contributed by atoms with Gasteiger partial charge in [0.05, 0.1) is 12.8 Å². The fraction of sp³-hybridized carbons (Fsp3) is 0.500. The van der Waals surface area contributed by atoms with E-state index >= 15 is 0 Å². The number of methoxy groups -OCH3 is 1. The van der Waals surface area contributed by atoms with Gasteiger partial charge in [0.1, 0.15) is 11.5 Å². The van der Waals surface area contributed by atoms with Crippen LogP contribution in [0.5, 0.6) is 11.5 Å². The molecular weight excluding hydrogens is 266 g/mol. The number of allylic oxidation sites excluding steroid dienone is 1. The fourth-order valence-electron chi connectivity index (χ4n) is 2.11. The quantitative estimate of drug-likeness (QED) is 0.677. The summed E-state index contributed by atoms with van der Waals surface area (Å²) in [5, 5.41) is 13.8. The van der Waals surface area contributed by atoms with E-state index in [4.69, 9.17) is 16.0 Å². The molecule has 0 aromatic heterocycles. The minimum absolute atomic E-state index is 0.0465. The van der Waals surface area contributed by atoms with Crippen LogP contribution in [0.4, 0.5) is 0 Å². The standard InChI is InChI=1S/C14H21N3O2.C2H6/c1-4-9(5-2)14(17-16)13-10(8-15)6-11(19-3)7-12(13)18;1-2/h6-7,16,18H,4-5,8,15H2,1-3H3;1-2H3. The van der Waals surface area contributed by atoms with Crippen LogP contribution >= 0.6 is 0 Å². The molecule has 5 heteroatoms. The second-order valence-corrected chi connectivity index (χ2v) is 4.16. The molecular formula is C16H27N3O2. The molecule has 0 amide bonds. The number of ether oxygens (including phenoxy) is 1. The first kappa shape index (κ1) is 19.1. The SMILES string of the molecule is CC.CCC(CC)=C(N=N)c1c(O)cc(OC)cc1CN. The topological polar surface area (TPSA) is 91.7 Å². The number of aromatic hydroxyl groups is 1. The molecule has 5 nitrogen and oxygen atoms in total. The first-order valence-corrected chi connectivity index (χ1v) is 7.32. The minimum atomic E-state index is 0.0465. The zero-order valence-corrected chi connectivity index (χ0v) is 13.7. The zero-order chi connectivity index (χ0) is 16.4. The van der Waals surface area contributed by atoms with Gasteiger partial charge >= 0.3 is 0 Å². The third kappa shape index (κ3) is 4.56. The van der Waals surface area contributed by atoms with E-state index in [0.717, 1.165) is 24.0 Å².